The number of nitrogens with one attached hydrogen (secondary N) is 1. The summed E-state index contributed by atoms with van der Waals surface area (Å²) in [6.45, 7) is -1.48. The molecule has 2 atom stereocenters. The molecular formula is C18H21Cl2F4N3O2. The minimum atomic E-state index is -4.54. The van der Waals surface area contributed by atoms with Crippen LogP contribution in [-0.4, -0.2) is 40.9 Å². The molecule has 11 heteroatoms. The van der Waals surface area contributed by atoms with Crippen molar-refractivity contribution in [3.8, 4) is 0 Å². The largest absolute Gasteiger partial charge is 0.405 e. The Morgan fingerprint density at radius 3 is 2.41 bits per heavy atom. The maximum absolute atomic E-state index is 13.7. The quantitative estimate of drug-likeness (QED) is 0.557. The third kappa shape index (κ3) is 8.53. The lowest BCUT2D eigenvalue weighted by Crippen LogP contribution is -2.39. The maximum Gasteiger partial charge on any atom is 0.405 e. The predicted molar refractivity (Wildman–Crippen MR) is 105 cm³/mol. The fraction of sp³-hybridized carbons (Fsp3) is 0.333. The summed E-state index contributed by atoms with van der Waals surface area (Å²) < 4.78 is 50.5. The highest BCUT2D eigenvalue weighted by molar-refractivity contribution is 5.95. The SMILES string of the molecule is Cl.Cl.N[C@H](Cc1ccccc1F)[C@@H](O)Cc1ncccc1C(=O)NCC(F)(F)F. The van der Waals surface area contributed by atoms with Crippen LogP contribution in [0.25, 0.3) is 0 Å². The summed E-state index contributed by atoms with van der Waals surface area (Å²) in [6, 6.07) is 7.84. The number of rotatable bonds is 7. The zero-order valence-corrected chi connectivity index (χ0v) is 16.7. The molecule has 1 heterocycles. The highest BCUT2D eigenvalue weighted by atomic mass is 35.5. The molecule has 2 aromatic rings. The van der Waals surface area contributed by atoms with Crippen LogP contribution in [0.4, 0.5) is 17.6 Å². The van der Waals surface area contributed by atoms with Crippen LogP contribution in [0.1, 0.15) is 21.6 Å². The first kappa shape index (κ1) is 27.1. The first-order valence-electron chi connectivity index (χ1n) is 8.13. The topological polar surface area (TPSA) is 88.2 Å². The Bertz CT molecular complexity index is 794. The average Bonchev–Trinajstić information content (AvgIpc) is 2.61. The van der Waals surface area contributed by atoms with Gasteiger partial charge in [-0.2, -0.15) is 13.2 Å². The van der Waals surface area contributed by atoms with Crippen LogP contribution >= 0.6 is 24.8 Å². The summed E-state index contributed by atoms with van der Waals surface area (Å²) in [5, 5.41) is 12.1. The van der Waals surface area contributed by atoms with Gasteiger partial charge in [0.2, 0.25) is 0 Å². The van der Waals surface area contributed by atoms with E-state index in [0.717, 1.165) is 0 Å². The van der Waals surface area contributed by atoms with Gasteiger partial charge in [-0.1, -0.05) is 18.2 Å². The summed E-state index contributed by atoms with van der Waals surface area (Å²) in [7, 11) is 0. The van der Waals surface area contributed by atoms with Crippen LogP contribution in [0.3, 0.4) is 0 Å². The van der Waals surface area contributed by atoms with Gasteiger partial charge in [0.25, 0.3) is 5.91 Å². The minimum Gasteiger partial charge on any atom is -0.391 e. The number of pyridine rings is 1. The highest BCUT2D eigenvalue weighted by Gasteiger charge is 2.29. The van der Waals surface area contributed by atoms with Gasteiger partial charge in [-0.15, -0.1) is 24.8 Å². The van der Waals surface area contributed by atoms with Gasteiger partial charge >= 0.3 is 6.18 Å². The molecule has 29 heavy (non-hydrogen) atoms. The molecule has 0 unspecified atom stereocenters. The molecule has 162 valence electrons. The Balaban J connectivity index is 0.00000392. The Kier molecular flexibility index (Phi) is 11.1. The number of hydrogen-bond donors (Lipinski definition) is 3. The second-order valence-electron chi connectivity index (χ2n) is 6.03. The van der Waals surface area contributed by atoms with E-state index in [4.69, 9.17) is 5.73 Å². The monoisotopic (exact) mass is 457 g/mol. The van der Waals surface area contributed by atoms with Crippen LogP contribution in [-0.2, 0) is 12.8 Å². The van der Waals surface area contributed by atoms with E-state index in [1.54, 1.807) is 17.4 Å². The third-order valence-corrected chi connectivity index (χ3v) is 3.89. The van der Waals surface area contributed by atoms with Crippen LogP contribution < -0.4 is 11.1 Å². The summed E-state index contributed by atoms with van der Waals surface area (Å²) in [5.74, 6) is -1.41. The molecule has 4 N–H and O–H groups in total. The van der Waals surface area contributed by atoms with Crippen molar-refractivity contribution in [3.63, 3.8) is 0 Å². The molecule has 0 aliphatic rings. The van der Waals surface area contributed by atoms with Crippen molar-refractivity contribution < 1.29 is 27.5 Å². The van der Waals surface area contributed by atoms with Gasteiger partial charge in [0.05, 0.1) is 17.4 Å². The van der Waals surface area contributed by atoms with Crippen molar-refractivity contribution in [1.82, 2.24) is 10.3 Å². The third-order valence-electron chi connectivity index (χ3n) is 3.89. The van der Waals surface area contributed by atoms with Crippen molar-refractivity contribution in [3.05, 3.63) is 65.2 Å². The predicted octanol–water partition coefficient (Wildman–Crippen LogP) is 2.83. The number of amides is 1. The number of aromatic nitrogens is 1. The zero-order valence-electron chi connectivity index (χ0n) is 15.0. The molecule has 0 aliphatic carbocycles. The van der Waals surface area contributed by atoms with E-state index in [9.17, 15) is 27.5 Å². The smallest absolute Gasteiger partial charge is 0.391 e. The number of aliphatic hydroxyl groups excluding tert-OH is 1. The molecule has 0 saturated heterocycles. The van der Waals surface area contributed by atoms with Gasteiger partial charge < -0.3 is 16.2 Å². The molecule has 0 radical (unpaired) electrons. The van der Waals surface area contributed by atoms with Crippen LogP contribution in [0, 0.1) is 5.82 Å². The normalized spacial score (nSPS) is 12.9. The maximum atomic E-state index is 13.7. The Morgan fingerprint density at radius 1 is 1.14 bits per heavy atom. The fourth-order valence-corrected chi connectivity index (χ4v) is 2.49. The Morgan fingerprint density at radius 2 is 1.79 bits per heavy atom. The van der Waals surface area contributed by atoms with Crippen molar-refractivity contribution in [2.45, 2.75) is 31.2 Å². The number of hydrogen-bond acceptors (Lipinski definition) is 4. The molecule has 1 aromatic carbocycles. The van der Waals surface area contributed by atoms with Crippen molar-refractivity contribution in [2.24, 2.45) is 5.73 Å². The van der Waals surface area contributed by atoms with Crippen molar-refractivity contribution >= 4 is 30.7 Å². The molecule has 1 amide bonds. The fourth-order valence-electron chi connectivity index (χ4n) is 2.49. The lowest BCUT2D eigenvalue weighted by Gasteiger charge is -2.20. The molecular weight excluding hydrogens is 437 g/mol. The zero-order chi connectivity index (χ0) is 20.0. The number of halogens is 6. The van der Waals surface area contributed by atoms with E-state index in [0.29, 0.717) is 5.56 Å². The van der Waals surface area contributed by atoms with E-state index < -0.39 is 36.6 Å². The molecule has 0 spiro atoms. The average molecular weight is 458 g/mol. The highest BCUT2D eigenvalue weighted by Crippen LogP contribution is 2.16. The van der Waals surface area contributed by atoms with E-state index >= 15 is 0 Å². The Labute approximate surface area is 177 Å². The molecule has 5 nitrogen and oxygen atoms in total. The number of carbonyl (C=O) groups excluding carboxylic acids is 1. The van der Waals surface area contributed by atoms with Crippen LogP contribution in [0.2, 0.25) is 0 Å². The van der Waals surface area contributed by atoms with Gasteiger partial charge in [-0.25, -0.2) is 4.39 Å². The number of aliphatic hydroxyl groups is 1. The second-order valence-corrected chi connectivity index (χ2v) is 6.03. The van der Waals surface area contributed by atoms with Crippen LogP contribution in [0.5, 0.6) is 0 Å². The van der Waals surface area contributed by atoms with Gasteiger partial charge in [-0.3, -0.25) is 9.78 Å². The summed E-state index contributed by atoms with van der Waals surface area (Å²) >= 11 is 0. The molecule has 0 fully saturated rings. The first-order valence-corrected chi connectivity index (χ1v) is 8.13. The summed E-state index contributed by atoms with van der Waals surface area (Å²) in [6.07, 6.45) is -4.47. The van der Waals surface area contributed by atoms with Crippen LogP contribution in [0.15, 0.2) is 42.6 Å². The van der Waals surface area contributed by atoms with Gasteiger partial charge in [0.15, 0.2) is 0 Å². The minimum absolute atomic E-state index is 0. The van der Waals surface area contributed by atoms with Crippen molar-refractivity contribution in [1.29, 1.82) is 0 Å². The number of alkyl halides is 3. The van der Waals surface area contributed by atoms with Gasteiger partial charge in [0, 0.05) is 18.7 Å². The molecule has 1 aromatic heterocycles. The second kappa shape index (κ2) is 11.9. The molecule has 0 bridgehead atoms. The lowest BCUT2D eigenvalue weighted by molar-refractivity contribution is -0.123. The molecule has 2 rings (SSSR count). The molecule has 0 saturated carbocycles. The Hall–Kier alpha value is -1.94. The van der Waals surface area contributed by atoms with E-state index in [1.807, 2.05) is 0 Å². The number of nitrogens with zero attached hydrogens (tertiary/aromatic N) is 1. The number of benzene rings is 1. The lowest BCUT2D eigenvalue weighted by atomic mass is 9.97. The molecule has 0 aliphatic heterocycles. The van der Waals surface area contributed by atoms with Gasteiger partial charge in [0.1, 0.15) is 12.4 Å². The van der Waals surface area contributed by atoms with Gasteiger partial charge in [-0.05, 0) is 30.2 Å². The standard InChI is InChI=1S/C18H19F4N3O2.2ClH/c19-13-6-2-1-4-11(13)8-14(23)16(26)9-15-12(5-3-7-24-15)17(27)25-10-18(20,21)22;;/h1-7,14,16,26H,8-10,23H2,(H,25,27);2*1H/t14-,16+;;/m1../s1. The van der Waals surface area contributed by atoms with Crippen molar-refractivity contribution in [2.75, 3.05) is 6.54 Å². The van der Waals surface area contributed by atoms with E-state index in [-0.39, 0.29) is 48.9 Å². The summed E-state index contributed by atoms with van der Waals surface area (Å²) in [4.78, 5) is 15.9. The van der Waals surface area contributed by atoms with E-state index in [1.165, 1.54) is 30.5 Å². The van der Waals surface area contributed by atoms with E-state index in [2.05, 4.69) is 4.98 Å². The first-order chi connectivity index (χ1) is 12.7. The number of nitrogens with two attached hydrogens (primary N) is 1. The number of carbonyl (C=O) groups is 1. The summed E-state index contributed by atoms with van der Waals surface area (Å²) in [5.41, 5.74) is 6.26.